The first-order chi connectivity index (χ1) is 13.6. The van der Waals surface area contributed by atoms with E-state index in [1.165, 1.54) is 6.08 Å². The van der Waals surface area contributed by atoms with Crippen molar-refractivity contribution in [2.24, 2.45) is 0 Å². The molecule has 1 aromatic carbocycles. The highest BCUT2D eigenvalue weighted by Crippen LogP contribution is 2.14. The lowest BCUT2D eigenvalue weighted by Crippen LogP contribution is -2.09. The van der Waals surface area contributed by atoms with Crippen molar-refractivity contribution in [3.63, 3.8) is 0 Å². The maximum Gasteiger partial charge on any atom is 0.331 e. The summed E-state index contributed by atoms with van der Waals surface area (Å²) in [5.74, 6) is 0.281. The second-order valence-electron chi connectivity index (χ2n) is 5.59. The van der Waals surface area contributed by atoms with E-state index in [2.05, 4.69) is 19.9 Å². The second kappa shape index (κ2) is 9.08. The highest BCUT2D eigenvalue weighted by atomic mass is 16.5. The lowest BCUT2D eigenvalue weighted by molar-refractivity contribution is -0.139. The van der Waals surface area contributed by atoms with Crippen molar-refractivity contribution >= 4 is 23.9 Å². The quantitative estimate of drug-likeness (QED) is 0.465. The number of pyridine rings is 1. The van der Waals surface area contributed by atoms with Gasteiger partial charge in [-0.25, -0.2) is 4.79 Å². The summed E-state index contributed by atoms with van der Waals surface area (Å²) in [4.78, 5) is 27.3. The zero-order valence-corrected chi connectivity index (χ0v) is 14.9. The summed E-state index contributed by atoms with van der Waals surface area (Å²) < 4.78 is 10.7. The number of hydrogen-bond acceptors (Lipinski definition) is 9. The normalized spacial score (nSPS) is 10.7. The third-order valence-corrected chi connectivity index (χ3v) is 3.46. The van der Waals surface area contributed by atoms with Crippen molar-refractivity contribution in [2.75, 3.05) is 11.5 Å². The van der Waals surface area contributed by atoms with Crippen LogP contribution in [-0.2, 0) is 22.7 Å². The van der Waals surface area contributed by atoms with Crippen molar-refractivity contribution in [3.05, 3.63) is 71.8 Å². The van der Waals surface area contributed by atoms with Gasteiger partial charge in [0.2, 0.25) is 11.9 Å². The molecule has 0 radical (unpaired) electrons. The number of ether oxygens (including phenoxy) is 2. The minimum Gasteiger partial charge on any atom is -0.487 e. The molecule has 0 aliphatic heterocycles. The number of aromatic nitrogens is 4. The van der Waals surface area contributed by atoms with Crippen LogP contribution in [0.25, 0.3) is 6.08 Å². The van der Waals surface area contributed by atoms with Crippen molar-refractivity contribution in [3.8, 4) is 5.75 Å². The van der Waals surface area contributed by atoms with Crippen LogP contribution in [0.1, 0.15) is 17.1 Å². The van der Waals surface area contributed by atoms with Gasteiger partial charge in [-0.05, 0) is 35.9 Å². The number of nitrogens with zero attached hydrogens (tertiary/aromatic N) is 4. The average Bonchev–Trinajstić information content (AvgIpc) is 2.70. The average molecular weight is 378 g/mol. The molecule has 0 aliphatic carbocycles. The summed E-state index contributed by atoms with van der Waals surface area (Å²) in [6.07, 6.45) is 4.65. The maximum absolute atomic E-state index is 11.8. The smallest absolute Gasteiger partial charge is 0.331 e. The van der Waals surface area contributed by atoms with Gasteiger partial charge in [0.25, 0.3) is 0 Å². The predicted octanol–water partition coefficient (Wildman–Crippen LogP) is 1.77. The number of benzene rings is 1. The number of anilines is 2. The maximum atomic E-state index is 11.8. The number of nitrogens with two attached hydrogens (primary N) is 2. The molecule has 4 N–H and O–H groups in total. The van der Waals surface area contributed by atoms with Gasteiger partial charge in [-0.15, -0.1) is 0 Å². The molecule has 0 unspecified atom stereocenters. The molecule has 9 heteroatoms. The highest BCUT2D eigenvalue weighted by Gasteiger charge is 2.05. The van der Waals surface area contributed by atoms with Crippen LogP contribution >= 0.6 is 0 Å². The molecule has 0 bridgehead atoms. The summed E-state index contributed by atoms with van der Waals surface area (Å²) in [5.41, 5.74) is 12.6. The molecule has 3 rings (SSSR count). The molecule has 0 amide bonds. The third-order valence-electron chi connectivity index (χ3n) is 3.46. The molecule has 0 saturated heterocycles. The topological polar surface area (TPSA) is 139 Å². The molecular weight excluding hydrogens is 360 g/mol. The van der Waals surface area contributed by atoms with E-state index in [1.807, 2.05) is 42.5 Å². The summed E-state index contributed by atoms with van der Waals surface area (Å²) in [7, 11) is 0. The van der Waals surface area contributed by atoms with Gasteiger partial charge < -0.3 is 20.9 Å². The molecule has 9 nitrogen and oxygen atoms in total. The molecule has 0 fully saturated rings. The minimum absolute atomic E-state index is 0.0283. The van der Waals surface area contributed by atoms with E-state index in [9.17, 15) is 4.79 Å². The first kappa shape index (κ1) is 18.8. The van der Waals surface area contributed by atoms with Crippen LogP contribution in [0.4, 0.5) is 11.9 Å². The molecule has 142 valence electrons. The van der Waals surface area contributed by atoms with E-state index in [4.69, 9.17) is 20.9 Å². The Bertz CT molecular complexity index is 941. The fourth-order valence-corrected chi connectivity index (χ4v) is 2.19. The molecule has 3 aromatic rings. The van der Waals surface area contributed by atoms with Crippen molar-refractivity contribution in [2.45, 2.75) is 13.2 Å². The first-order valence-corrected chi connectivity index (χ1v) is 8.32. The number of hydrogen-bond donors (Lipinski definition) is 2. The van der Waals surface area contributed by atoms with Gasteiger partial charge in [0.05, 0.1) is 5.69 Å². The fourth-order valence-electron chi connectivity index (χ4n) is 2.19. The molecule has 2 aromatic heterocycles. The van der Waals surface area contributed by atoms with Crippen LogP contribution in [0, 0.1) is 0 Å². The van der Waals surface area contributed by atoms with Crippen LogP contribution in [0.15, 0.2) is 54.7 Å². The van der Waals surface area contributed by atoms with E-state index < -0.39 is 5.97 Å². The van der Waals surface area contributed by atoms with E-state index >= 15 is 0 Å². The number of carbonyl (C=O) groups is 1. The van der Waals surface area contributed by atoms with E-state index in [-0.39, 0.29) is 24.3 Å². The number of rotatable bonds is 7. The molecule has 2 heterocycles. The van der Waals surface area contributed by atoms with Crippen molar-refractivity contribution in [1.29, 1.82) is 0 Å². The van der Waals surface area contributed by atoms with Crippen molar-refractivity contribution in [1.82, 2.24) is 19.9 Å². The molecular formula is C19H18N6O3. The van der Waals surface area contributed by atoms with Gasteiger partial charge in [0, 0.05) is 12.3 Å². The summed E-state index contributed by atoms with van der Waals surface area (Å²) >= 11 is 0. The Morgan fingerprint density at radius 2 is 1.71 bits per heavy atom. The molecule has 0 spiro atoms. The largest absolute Gasteiger partial charge is 0.487 e. The van der Waals surface area contributed by atoms with E-state index in [0.717, 1.165) is 11.3 Å². The zero-order chi connectivity index (χ0) is 19.8. The highest BCUT2D eigenvalue weighted by molar-refractivity contribution is 5.87. The van der Waals surface area contributed by atoms with Crippen LogP contribution in [0.5, 0.6) is 5.75 Å². The standard InChI is InChI=1S/C19H18N6O3/c20-18-23-16(24-19(21)25-18)12-28-17(26)9-6-13-4-7-15(8-5-13)27-11-14-3-1-2-10-22-14/h1-10H,11-12H2,(H4,20,21,23,24,25)/b9-6+. The Morgan fingerprint density at radius 1 is 0.964 bits per heavy atom. The lowest BCUT2D eigenvalue weighted by Gasteiger charge is -2.05. The van der Waals surface area contributed by atoms with Crippen LogP contribution in [0.2, 0.25) is 0 Å². The zero-order valence-electron chi connectivity index (χ0n) is 14.9. The van der Waals surface area contributed by atoms with Crippen LogP contribution in [0.3, 0.4) is 0 Å². The lowest BCUT2D eigenvalue weighted by atomic mass is 10.2. The van der Waals surface area contributed by atoms with Gasteiger partial charge >= 0.3 is 5.97 Å². The molecule has 0 aliphatic rings. The summed E-state index contributed by atoms with van der Waals surface area (Å²) in [5, 5.41) is 0. The Kier molecular flexibility index (Phi) is 6.09. The number of esters is 1. The Morgan fingerprint density at radius 3 is 2.39 bits per heavy atom. The van der Waals surface area contributed by atoms with E-state index in [1.54, 1.807) is 12.3 Å². The molecule has 28 heavy (non-hydrogen) atoms. The number of carbonyl (C=O) groups excluding carboxylic acids is 1. The van der Waals surface area contributed by atoms with Gasteiger partial charge in [-0.2, -0.15) is 15.0 Å². The monoisotopic (exact) mass is 378 g/mol. The Balaban J connectivity index is 1.48. The predicted molar refractivity (Wildman–Crippen MR) is 102 cm³/mol. The first-order valence-electron chi connectivity index (χ1n) is 8.32. The number of nitrogen functional groups attached to an aromatic ring is 2. The van der Waals surface area contributed by atoms with Crippen LogP contribution in [-0.4, -0.2) is 25.9 Å². The second-order valence-corrected chi connectivity index (χ2v) is 5.59. The van der Waals surface area contributed by atoms with Gasteiger partial charge in [0.15, 0.2) is 12.4 Å². The van der Waals surface area contributed by atoms with Gasteiger partial charge in [-0.1, -0.05) is 18.2 Å². The van der Waals surface area contributed by atoms with Crippen LogP contribution < -0.4 is 16.2 Å². The Labute approximate surface area is 161 Å². The van der Waals surface area contributed by atoms with Crippen molar-refractivity contribution < 1.29 is 14.3 Å². The van der Waals surface area contributed by atoms with Gasteiger partial charge in [0.1, 0.15) is 12.4 Å². The molecule has 0 saturated carbocycles. The third kappa shape index (κ3) is 5.77. The fraction of sp³-hybridized carbons (Fsp3) is 0.105. The summed E-state index contributed by atoms with van der Waals surface area (Å²) in [6, 6.07) is 12.9. The SMILES string of the molecule is Nc1nc(N)nc(COC(=O)/C=C/c2ccc(OCc3ccccn3)cc2)n1. The minimum atomic E-state index is -0.548. The van der Waals surface area contributed by atoms with Gasteiger partial charge in [-0.3, -0.25) is 4.98 Å². The Hall–Kier alpha value is -4.01. The molecule has 0 atom stereocenters. The summed E-state index contributed by atoms with van der Waals surface area (Å²) in [6.45, 7) is 0.231. The van der Waals surface area contributed by atoms with E-state index in [0.29, 0.717) is 12.4 Å².